The Morgan fingerprint density at radius 3 is 2.88 bits per heavy atom. The topological polar surface area (TPSA) is 12.0 Å². The van der Waals surface area contributed by atoms with Crippen LogP contribution in [-0.4, -0.2) is 0 Å². The maximum absolute atomic E-state index is 13.4. The van der Waals surface area contributed by atoms with Crippen LogP contribution >= 0.6 is 22.9 Å². The molecule has 0 saturated heterocycles. The quantitative estimate of drug-likeness (QED) is 0.854. The van der Waals surface area contributed by atoms with Gasteiger partial charge < -0.3 is 5.32 Å². The van der Waals surface area contributed by atoms with Crippen molar-refractivity contribution in [3.8, 4) is 0 Å². The summed E-state index contributed by atoms with van der Waals surface area (Å²) in [6.07, 6.45) is 0. The van der Waals surface area contributed by atoms with Crippen molar-refractivity contribution in [3.63, 3.8) is 0 Å². The zero-order chi connectivity index (χ0) is 11.5. The monoisotopic (exact) mass is 255 g/mol. The van der Waals surface area contributed by atoms with Crippen LogP contribution in [0.5, 0.6) is 0 Å². The standard InChI is InChI=1S/C12H11ClFNS/c1-8-2-3-11(14)12(4-8)15-6-10-5-9(13)7-16-10/h2-5,7,15H,6H2,1H3. The van der Waals surface area contributed by atoms with Crippen molar-refractivity contribution in [3.05, 3.63) is 50.9 Å². The van der Waals surface area contributed by atoms with Crippen LogP contribution in [0.3, 0.4) is 0 Å². The van der Waals surface area contributed by atoms with Crippen LogP contribution in [0, 0.1) is 12.7 Å². The largest absolute Gasteiger partial charge is 0.378 e. The van der Waals surface area contributed by atoms with Crippen LogP contribution in [-0.2, 0) is 6.54 Å². The molecule has 0 unspecified atom stereocenters. The Hall–Kier alpha value is -1.06. The second-order valence-corrected chi connectivity index (χ2v) is 5.00. The molecule has 1 heterocycles. The van der Waals surface area contributed by atoms with Gasteiger partial charge in [-0.05, 0) is 30.7 Å². The molecule has 0 fully saturated rings. The Bertz CT molecular complexity index is 496. The molecular weight excluding hydrogens is 245 g/mol. The molecule has 0 aliphatic carbocycles. The highest BCUT2D eigenvalue weighted by Crippen LogP contribution is 2.21. The Morgan fingerprint density at radius 2 is 2.19 bits per heavy atom. The summed E-state index contributed by atoms with van der Waals surface area (Å²) in [5.74, 6) is -0.228. The SMILES string of the molecule is Cc1ccc(F)c(NCc2cc(Cl)cs2)c1. The molecule has 1 aromatic heterocycles. The van der Waals surface area contributed by atoms with E-state index in [-0.39, 0.29) is 5.82 Å². The van der Waals surface area contributed by atoms with Crippen LogP contribution in [0.15, 0.2) is 29.6 Å². The van der Waals surface area contributed by atoms with Crippen LogP contribution in [0.4, 0.5) is 10.1 Å². The lowest BCUT2D eigenvalue weighted by molar-refractivity contribution is 0.630. The van der Waals surface area contributed by atoms with Crippen molar-refractivity contribution in [1.29, 1.82) is 0 Å². The van der Waals surface area contributed by atoms with Gasteiger partial charge in [0, 0.05) is 16.8 Å². The molecule has 0 aliphatic heterocycles. The van der Waals surface area contributed by atoms with E-state index in [0.29, 0.717) is 12.2 Å². The lowest BCUT2D eigenvalue weighted by Gasteiger charge is -2.06. The third-order valence-electron chi connectivity index (χ3n) is 2.20. The van der Waals surface area contributed by atoms with Gasteiger partial charge in [0.25, 0.3) is 0 Å². The lowest BCUT2D eigenvalue weighted by Crippen LogP contribution is -2.00. The Balaban J connectivity index is 2.07. The first-order valence-electron chi connectivity index (χ1n) is 4.88. The second kappa shape index (κ2) is 4.85. The van der Waals surface area contributed by atoms with Crippen LogP contribution in [0.25, 0.3) is 0 Å². The summed E-state index contributed by atoms with van der Waals surface area (Å²) in [5.41, 5.74) is 1.57. The number of benzene rings is 1. The van der Waals surface area contributed by atoms with Crippen molar-refractivity contribution in [2.24, 2.45) is 0 Å². The molecule has 4 heteroatoms. The normalized spacial score (nSPS) is 10.4. The molecule has 1 aromatic carbocycles. The van der Waals surface area contributed by atoms with Gasteiger partial charge in [-0.25, -0.2) is 4.39 Å². The number of hydrogen-bond acceptors (Lipinski definition) is 2. The molecule has 0 aliphatic rings. The minimum Gasteiger partial charge on any atom is -0.378 e. The van der Waals surface area contributed by atoms with E-state index >= 15 is 0 Å². The van der Waals surface area contributed by atoms with Gasteiger partial charge in [0.1, 0.15) is 5.82 Å². The van der Waals surface area contributed by atoms with Crippen molar-refractivity contribution >= 4 is 28.6 Å². The molecule has 16 heavy (non-hydrogen) atoms. The average Bonchev–Trinajstić information content (AvgIpc) is 2.66. The molecule has 1 nitrogen and oxygen atoms in total. The number of hydrogen-bond donors (Lipinski definition) is 1. The van der Waals surface area contributed by atoms with Crippen molar-refractivity contribution in [2.45, 2.75) is 13.5 Å². The number of aryl methyl sites for hydroxylation is 1. The van der Waals surface area contributed by atoms with Gasteiger partial charge in [0.15, 0.2) is 0 Å². The van der Waals surface area contributed by atoms with Crippen molar-refractivity contribution in [2.75, 3.05) is 5.32 Å². The third-order valence-corrected chi connectivity index (χ3v) is 3.48. The summed E-state index contributed by atoms with van der Waals surface area (Å²) in [7, 11) is 0. The zero-order valence-corrected chi connectivity index (χ0v) is 10.3. The molecule has 1 N–H and O–H groups in total. The summed E-state index contributed by atoms with van der Waals surface area (Å²) < 4.78 is 13.4. The highest BCUT2D eigenvalue weighted by molar-refractivity contribution is 7.10. The summed E-state index contributed by atoms with van der Waals surface area (Å²) in [4.78, 5) is 1.09. The molecule has 0 atom stereocenters. The van der Waals surface area contributed by atoms with E-state index in [9.17, 15) is 4.39 Å². The maximum atomic E-state index is 13.4. The molecule has 84 valence electrons. The molecular formula is C12H11ClFNS. The van der Waals surface area contributed by atoms with Gasteiger partial charge >= 0.3 is 0 Å². The van der Waals surface area contributed by atoms with Crippen molar-refractivity contribution < 1.29 is 4.39 Å². The smallest absolute Gasteiger partial charge is 0.146 e. The molecule has 0 spiro atoms. The number of nitrogens with one attached hydrogen (secondary N) is 1. The first-order chi connectivity index (χ1) is 7.65. The maximum Gasteiger partial charge on any atom is 0.146 e. The summed E-state index contributed by atoms with van der Waals surface area (Å²) >= 11 is 7.37. The van der Waals surface area contributed by atoms with Gasteiger partial charge in [-0.1, -0.05) is 17.7 Å². The lowest BCUT2D eigenvalue weighted by atomic mass is 10.2. The van der Waals surface area contributed by atoms with E-state index in [1.54, 1.807) is 23.5 Å². The van der Waals surface area contributed by atoms with Gasteiger partial charge in [-0.2, -0.15) is 0 Å². The van der Waals surface area contributed by atoms with Crippen LogP contribution < -0.4 is 5.32 Å². The van der Waals surface area contributed by atoms with Gasteiger partial charge in [-0.3, -0.25) is 0 Å². The fourth-order valence-corrected chi connectivity index (χ4v) is 2.42. The highest BCUT2D eigenvalue weighted by atomic mass is 35.5. The number of thiophene rings is 1. The minimum absolute atomic E-state index is 0.228. The van der Waals surface area contributed by atoms with E-state index in [0.717, 1.165) is 15.5 Å². The van der Waals surface area contributed by atoms with E-state index in [2.05, 4.69) is 5.32 Å². The van der Waals surface area contributed by atoms with E-state index in [1.165, 1.54) is 6.07 Å². The first kappa shape index (κ1) is 11.4. The van der Waals surface area contributed by atoms with E-state index < -0.39 is 0 Å². The van der Waals surface area contributed by atoms with E-state index in [4.69, 9.17) is 11.6 Å². The summed E-state index contributed by atoms with van der Waals surface area (Å²) in [6, 6.07) is 6.90. The molecule has 0 amide bonds. The highest BCUT2D eigenvalue weighted by Gasteiger charge is 2.03. The fraction of sp³-hybridized carbons (Fsp3) is 0.167. The van der Waals surface area contributed by atoms with Gasteiger partial charge in [-0.15, -0.1) is 11.3 Å². The second-order valence-electron chi connectivity index (χ2n) is 3.57. The Labute approximate surface area is 103 Å². The molecule has 2 aromatic rings. The molecule has 0 radical (unpaired) electrons. The molecule has 0 bridgehead atoms. The van der Waals surface area contributed by atoms with E-state index in [1.807, 2.05) is 18.4 Å². The summed E-state index contributed by atoms with van der Waals surface area (Å²) in [6.45, 7) is 2.53. The zero-order valence-electron chi connectivity index (χ0n) is 8.76. The van der Waals surface area contributed by atoms with Crippen molar-refractivity contribution in [1.82, 2.24) is 0 Å². The minimum atomic E-state index is -0.228. The number of halogens is 2. The Kier molecular flexibility index (Phi) is 3.46. The van der Waals surface area contributed by atoms with Crippen LogP contribution in [0.1, 0.15) is 10.4 Å². The van der Waals surface area contributed by atoms with Gasteiger partial charge in [0.2, 0.25) is 0 Å². The fourth-order valence-electron chi connectivity index (χ4n) is 1.40. The predicted molar refractivity (Wildman–Crippen MR) is 67.8 cm³/mol. The molecule has 2 rings (SSSR count). The summed E-state index contributed by atoms with van der Waals surface area (Å²) in [5, 5.41) is 5.65. The third kappa shape index (κ3) is 2.74. The number of anilines is 1. The van der Waals surface area contributed by atoms with Gasteiger partial charge in [0.05, 0.1) is 10.7 Å². The first-order valence-corrected chi connectivity index (χ1v) is 6.14. The Morgan fingerprint density at radius 1 is 1.38 bits per heavy atom. The molecule has 0 saturated carbocycles. The predicted octanol–water partition coefficient (Wildman–Crippen LogP) is 4.46. The van der Waals surface area contributed by atoms with Crippen LogP contribution in [0.2, 0.25) is 5.02 Å². The number of rotatable bonds is 3. The average molecular weight is 256 g/mol.